The number of rotatable bonds is 5. The molecular formula is C17H22N2O2S. The average molecular weight is 318 g/mol. The van der Waals surface area contributed by atoms with Gasteiger partial charge in [-0.25, -0.2) is 0 Å². The number of benzene rings is 1. The molecule has 1 aromatic carbocycles. The highest BCUT2D eigenvalue weighted by Gasteiger charge is 2.15. The van der Waals surface area contributed by atoms with Gasteiger partial charge in [0.1, 0.15) is 0 Å². The summed E-state index contributed by atoms with van der Waals surface area (Å²) in [6.07, 6.45) is 0. The van der Waals surface area contributed by atoms with Gasteiger partial charge in [0.05, 0.1) is 5.75 Å². The second-order valence-electron chi connectivity index (χ2n) is 6.60. The fourth-order valence-electron chi connectivity index (χ4n) is 1.88. The molecule has 1 aromatic heterocycles. The van der Waals surface area contributed by atoms with Crippen molar-refractivity contribution in [3.8, 4) is 0 Å². The Bertz CT molecular complexity index is 639. The van der Waals surface area contributed by atoms with E-state index in [0.29, 0.717) is 22.4 Å². The number of nitrogens with zero attached hydrogens (tertiary/aromatic N) is 2. The number of hydrogen-bond acceptors (Lipinski definition) is 5. The van der Waals surface area contributed by atoms with Crippen LogP contribution in [0.25, 0.3) is 0 Å². The Balaban J connectivity index is 1.97. The van der Waals surface area contributed by atoms with Gasteiger partial charge in [-0.05, 0) is 11.0 Å². The number of carbonyl (C=O) groups excluding carboxylic acids is 1. The van der Waals surface area contributed by atoms with E-state index in [4.69, 9.17) is 4.42 Å². The summed E-state index contributed by atoms with van der Waals surface area (Å²) in [5, 5.41) is 8.35. The molecule has 0 unspecified atom stereocenters. The standard InChI is InChI=1S/C17H22N2O2S/c1-11(2)15-18-19-16(21-15)22-10-14(20)12-6-8-13(9-7-12)17(3,4)5/h6-9,11H,10H2,1-5H3. The minimum atomic E-state index is 0.0646. The zero-order valence-electron chi connectivity index (χ0n) is 13.7. The lowest BCUT2D eigenvalue weighted by Gasteiger charge is -2.18. The van der Waals surface area contributed by atoms with Crippen molar-refractivity contribution in [3.63, 3.8) is 0 Å². The number of thioether (sulfide) groups is 1. The molecule has 2 rings (SSSR count). The van der Waals surface area contributed by atoms with Crippen LogP contribution in [0.15, 0.2) is 33.9 Å². The quantitative estimate of drug-likeness (QED) is 0.601. The Hall–Kier alpha value is -1.62. The Morgan fingerprint density at radius 1 is 1.18 bits per heavy atom. The van der Waals surface area contributed by atoms with Crippen molar-refractivity contribution in [3.05, 3.63) is 41.3 Å². The Morgan fingerprint density at radius 2 is 1.82 bits per heavy atom. The lowest BCUT2D eigenvalue weighted by molar-refractivity contribution is 0.102. The summed E-state index contributed by atoms with van der Waals surface area (Å²) in [6.45, 7) is 10.4. The van der Waals surface area contributed by atoms with Gasteiger partial charge in [0.25, 0.3) is 5.22 Å². The third-order valence-electron chi connectivity index (χ3n) is 3.32. The SMILES string of the molecule is CC(C)c1nnc(SCC(=O)c2ccc(C(C)(C)C)cc2)o1. The van der Waals surface area contributed by atoms with E-state index < -0.39 is 0 Å². The molecule has 0 saturated heterocycles. The molecule has 0 saturated carbocycles. The van der Waals surface area contributed by atoms with Crippen molar-refractivity contribution in [2.24, 2.45) is 0 Å². The molecule has 22 heavy (non-hydrogen) atoms. The van der Waals surface area contributed by atoms with Crippen LogP contribution in [-0.2, 0) is 5.41 Å². The van der Waals surface area contributed by atoms with Crippen LogP contribution in [-0.4, -0.2) is 21.7 Å². The summed E-state index contributed by atoms with van der Waals surface area (Å²) >= 11 is 1.28. The normalized spacial score (nSPS) is 11.9. The predicted molar refractivity (Wildman–Crippen MR) is 88.6 cm³/mol. The molecule has 5 heteroatoms. The first-order chi connectivity index (χ1) is 10.3. The fraction of sp³-hybridized carbons (Fsp3) is 0.471. The molecule has 0 bridgehead atoms. The molecule has 2 aromatic rings. The van der Waals surface area contributed by atoms with Gasteiger partial charge >= 0.3 is 0 Å². The Labute approximate surface area is 135 Å². The highest BCUT2D eigenvalue weighted by molar-refractivity contribution is 7.99. The van der Waals surface area contributed by atoms with Crippen molar-refractivity contribution in [1.29, 1.82) is 0 Å². The van der Waals surface area contributed by atoms with Gasteiger partial charge in [0.15, 0.2) is 5.78 Å². The monoisotopic (exact) mass is 318 g/mol. The van der Waals surface area contributed by atoms with Crippen LogP contribution in [0, 0.1) is 0 Å². The van der Waals surface area contributed by atoms with Crippen LogP contribution in [0.2, 0.25) is 0 Å². The maximum absolute atomic E-state index is 12.2. The summed E-state index contributed by atoms with van der Waals surface area (Å²) in [7, 11) is 0. The largest absolute Gasteiger partial charge is 0.416 e. The molecule has 4 nitrogen and oxygen atoms in total. The Kier molecular flexibility index (Phi) is 5.06. The lowest BCUT2D eigenvalue weighted by atomic mass is 9.86. The van der Waals surface area contributed by atoms with Crippen molar-refractivity contribution >= 4 is 17.5 Å². The molecule has 1 heterocycles. The van der Waals surface area contributed by atoms with Gasteiger partial charge in [-0.3, -0.25) is 4.79 Å². The maximum Gasteiger partial charge on any atom is 0.277 e. The average Bonchev–Trinajstić information content (AvgIpc) is 2.93. The smallest absolute Gasteiger partial charge is 0.277 e. The summed E-state index contributed by atoms with van der Waals surface area (Å²) in [6, 6.07) is 7.80. The third kappa shape index (κ3) is 4.19. The van der Waals surface area contributed by atoms with Crippen LogP contribution in [0.5, 0.6) is 0 Å². The number of aromatic nitrogens is 2. The van der Waals surface area contributed by atoms with E-state index in [1.165, 1.54) is 17.3 Å². The zero-order valence-corrected chi connectivity index (χ0v) is 14.5. The van der Waals surface area contributed by atoms with Gasteiger partial charge in [0, 0.05) is 11.5 Å². The number of Topliss-reactive ketones (excluding diaryl/α,β-unsaturated/α-hetero) is 1. The van der Waals surface area contributed by atoms with E-state index in [1.807, 2.05) is 38.1 Å². The van der Waals surface area contributed by atoms with Gasteiger partial charge in [0.2, 0.25) is 5.89 Å². The zero-order chi connectivity index (χ0) is 16.3. The van der Waals surface area contributed by atoms with E-state index in [1.54, 1.807) is 0 Å². The summed E-state index contributed by atoms with van der Waals surface area (Å²) in [5.74, 6) is 1.16. The topological polar surface area (TPSA) is 56.0 Å². The molecule has 0 atom stereocenters. The molecule has 0 amide bonds. The van der Waals surface area contributed by atoms with E-state index in [0.717, 1.165) is 0 Å². The predicted octanol–water partition coefficient (Wildman–Crippen LogP) is 4.47. The third-order valence-corrected chi connectivity index (χ3v) is 4.13. The molecule has 0 fully saturated rings. The summed E-state index contributed by atoms with van der Waals surface area (Å²) in [4.78, 5) is 12.2. The molecule has 0 aliphatic carbocycles. The van der Waals surface area contributed by atoms with Gasteiger partial charge in [-0.1, -0.05) is 70.6 Å². The van der Waals surface area contributed by atoms with Crippen LogP contribution in [0.3, 0.4) is 0 Å². The summed E-state index contributed by atoms with van der Waals surface area (Å²) in [5.41, 5.74) is 2.02. The van der Waals surface area contributed by atoms with Crippen molar-refractivity contribution in [2.45, 2.75) is 51.2 Å². The van der Waals surface area contributed by atoms with E-state index in [9.17, 15) is 4.79 Å². The molecule has 0 spiro atoms. The van der Waals surface area contributed by atoms with Crippen LogP contribution in [0.1, 0.15) is 62.3 Å². The van der Waals surface area contributed by atoms with Crippen LogP contribution < -0.4 is 0 Å². The van der Waals surface area contributed by atoms with Gasteiger partial charge < -0.3 is 4.42 Å². The van der Waals surface area contributed by atoms with E-state index in [2.05, 4.69) is 31.0 Å². The minimum Gasteiger partial charge on any atom is -0.416 e. The fourth-order valence-corrected chi connectivity index (χ4v) is 2.54. The van der Waals surface area contributed by atoms with Gasteiger partial charge in [-0.15, -0.1) is 10.2 Å². The number of ketones is 1. The van der Waals surface area contributed by atoms with E-state index in [-0.39, 0.29) is 17.1 Å². The Morgan fingerprint density at radius 3 is 2.32 bits per heavy atom. The van der Waals surface area contributed by atoms with Crippen LogP contribution in [0.4, 0.5) is 0 Å². The van der Waals surface area contributed by atoms with Crippen molar-refractivity contribution in [1.82, 2.24) is 10.2 Å². The molecular weight excluding hydrogens is 296 g/mol. The highest BCUT2D eigenvalue weighted by atomic mass is 32.2. The van der Waals surface area contributed by atoms with Crippen molar-refractivity contribution < 1.29 is 9.21 Å². The molecule has 0 radical (unpaired) electrons. The first kappa shape index (κ1) is 16.7. The van der Waals surface area contributed by atoms with Gasteiger partial charge in [-0.2, -0.15) is 0 Å². The number of carbonyl (C=O) groups is 1. The first-order valence-electron chi connectivity index (χ1n) is 7.37. The minimum absolute atomic E-state index is 0.0646. The molecule has 0 N–H and O–H groups in total. The highest BCUT2D eigenvalue weighted by Crippen LogP contribution is 2.24. The maximum atomic E-state index is 12.2. The second-order valence-corrected chi connectivity index (χ2v) is 7.53. The first-order valence-corrected chi connectivity index (χ1v) is 8.36. The lowest BCUT2D eigenvalue weighted by Crippen LogP contribution is -2.11. The molecule has 118 valence electrons. The number of hydrogen-bond donors (Lipinski definition) is 0. The molecule has 0 aliphatic rings. The summed E-state index contributed by atoms with van der Waals surface area (Å²) < 4.78 is 5.48. The van der Waals surface area contributed by atoms with Crippen molar-refractivity contribution in [2.75, 3.05) is 5.75 Å². The second kappa shape index (κ2) is 6.65. The molecule has 0 aliphatic heterocycles. The van der Waals surface area contributed by atoms with Crippen LogP contribution >= 0.6 is 11.8 Å². The van der Waals surface area contributed by atoms with E-state index >= 15 is 0 Å².